The average Bonchev–Trinajstić information content (AvgIpc) is 2.32. The Morgan fingerprint density at radius 3 is 2.56 bits per heavy atom. The predicted octanol–water partition coefficient (Wildman–Crippen LogP) is 0.127. The molecule has 0 spiro atoms. The van der Waals surface area contributed by atoms with E-state index >= 15 is 0 Å². The summed E-state index contributed by atoms with van der Waals surface area (Å²) < 4.78 is 11.3. The second kappa shape index (κ2) is 6.31. The van der Waals surface area contributed by atoms with Gasteiger partial charge in [0, 0.05) is 28.9 Å². The van der Waals surface area contributed by atoms with Gasteiger partial charge in [0.05, 0.1) is 6.54 Å². The van der Waals surface area contributed by atoms with E-state index in [0.29, 0.717) is 6.54 Å². The molecule has 0 aliphatic carbocycles. The fourth-order valence-corrected chi connectivity index (χ4v) is 2.31. The molecular weight excluding hydrogens is 252 g/mol. The summed E-state index contributed by atoms with van der Waals surface area (Å²) >= 11 is 0. The Morgan fingerprint density at radius 2 is 2.06 bits per heavy atom. The van der Waals surface area contributed by atoms with Crippen LogP contribution in [-0.4, -0.2) is 51.6 Å². The number of amides is 2. The minimum Gasteiger partial charge on any atom is -0.342 e. The van der Waals surface area contributed by atoms with Crippen LogP contribution in [0.25, 0.3) is 0 Å². The van der Waals surface area contributed by atoms with E-state index in [2.05, 4.69) is 5.32 Å². The molecule has 104 valence electrons. The lowest BCUT2D eigenvalue weighted by molar-refractivity contribution is -0.145. The molecule has 4 atom stereocenters. The van der Waals surface area contributed by atoms with Crippen molar-refractivity contribution in [1.29, 1.82) is 0 Å². The van der Waals surface area contributed by atoms with Gasteiger partial charge in [0.2, 0.25) is 11.8 Å². The maximum Gasteiger partial charge on any atom is 0.245 e. The van der Waals surface area contributed by atoms with Crippen molar-refractivity contribution < 1.29 is 13.8 Å². The Kier molecular flexibility index (Phi) is 5.31. The monoisotopic (exact) mass is 274 g/mol. The first-order chi connectivity index (χ1) is 8.36. The molecule has 4 unspecified atom stereocenters. The van der Waals surface area contributed by atoms with Gasteiger partial charge in [-0.2, -0.15) is 0 Å². The van der Waals surface area contributed by atoms with Crippen molar-refractivity contribution >= 4 is 22.6 Å². The van der Waals surface area contributed by atoms with Crippen molar-refractivity contribution in [3.05, 3.63) is 0 Å². The Hall–Kier alpha value is -0.910. The van der Waals surface area contributed by atoms with Crippen molar-refractivity contribution in [2.45, 2.75) is 38.5 Å². The van der Waals surface area contributed by atoms with E-state index in [-0.39, 0.29) is 29.5 Å². The van der Waals surface area contributed by atoms with Crippen molar-refractivity contribution in [1.82, 2.24) is 10.2 Å². The Labute approximate surface area is 111 Å². The fraction of sp³-hybridized carbons (Fsp3) is 0.833. The minimum absolute atomic E-state index is 0.0544. The van der Waals surface area contributed by atoms with Gasteiger partial charge in [-0.1, -0.05) is 20.3 Å². The molecule has 0 aromatic heterocycles. The normalized spacial score (nSPS) is 25.6. The quantitative estimate of drug-likeness (QED) is 0.775. The second-order valence-electron chi connectivity index (χ2n) is 4.96. The molecule has 0 aromatic rings. The molecule has 0 saturated carbocycles. The van der Waals surface area contributed by atoms with E-state index < -0.39 is 16.8 Å². The summed E-state index contributed by atoms with van der Waals surface area (Å²) in [6, 6.07) is -0.436. The smallest absolute Gasteiger partial charge is 0.245 e. The molecule has 0 aromatic carbocycles. The zero-order valence-corrected chi connectivity index (χ0v) is 12.3. The molecule has 1 heterocycles. The largest absolute Gasteiger partial charge is 0.342 e. The van der Waals surface area contributed by atoms with Gasteiger partial charge in [-0.05, 0) is 12.8 Å². The van der Waals surface area contributed by atoms with Gasteiger partial charge in [-0.25, -0.2) is 0 Å². The summed E-state index contributed by atoms with van der Waals surface area (Å²) in [6.45, 7) is 6.23. The topological polar surface area (TPSA) is 66.5 Å². The maximum absolute atomic E-state index is 12.2. The van der Waals surface area contributed by atoms with Gasteiger partial charge < -0.3 is 10.2 Å². The highest BCUT2D eigenvalue weighted by molar-refractivity contribution is 7.84. The highest BCUT2D eigenvalue weighted by atomic mass is 32.2. The SMILES string of the molecule is CCC(C)C1NC(=O)CN(CC(C)S(C)=O)C1=O. The van der Waals surface area contributed by atoms with Crippen molar-refractivity contribution in [3.63, 3.8) is 0 Å². The number of hydrogen-bond donors (Lipinski definition) is 1. The number of rotatable bonds is 5. The van der Waals surface area contributed by atoms with Crippen LogP contribution in [0.5, 0.6) is 0 Å². The minimum atomic E-state index is -0.988. The van der Waals surface area contributed by atoms with Gasteiger partial charge in [-0.15, -0.1) is 0 Å². The molecule has 0 bridgehead atoms. The summed E-state index contributed by atoms with van der Waals surface area (Å²) in [4.78, 5) is 25.4. The van der Waals surface area contributed by atoms with E-state index in [1.165, 1.54) is 4.90 Å². The van der Waals surface area contributed by atoms with Gasteiger partial charge in [0.25, 0.3) is 0 Å². The summed E-state index contributed by atoms with van der Waals surface area (Å²) in [5, 5.41) is 2.63. The zero-order chi connectivity index (χ0) is 13.9. The summed E-state index contributed by atoms with van der Waals surface area (Å²) in [6.07, 6.45) is 2.45. The molecule has 1 N–H and O–H groups in total. The zero-order valence-electron chi connectivity index (χ0n) is 11.4. The van der Waals surface area contributed by atoms with E-state index in [1.54, 1.807) is 6.26 Å². The van der Waals surface area contributed by atoms with Crippen LogP contribution < -0.4 is 5.32 Å². The number of hydrogen-bond acceptors (Lipinski definition) is 3. The van der Waals surface area contributed by atoms with E-state index in [9.17, 15) is 13.8 Å². The number of carbonyl (C=O) groups is 2. The van der Waals surface area contributed by atoms with E-state index in [0.717, 1.165) is 6.42 Å². The molecule has 18 heavy (non-hydrogen) atoms. The number of piperazine rings is 1. The van der Waals surface area contributed by atoms with Crippen molar-refractivity contribution in [2.24, 2.45) is 5.92 Å². The standard InChI is InChI=1S/C12H22N2O3S/c1-5-8(2)11-12(16)14(7-10(15)13-11)6-9(3)18(4)17/h8-9,11H,5-7H2,1-4H3,(H,13,15). The first-order valence-corrected chi connectivity index (χ1v) is 7.89. The maximum atomic E-state index is 12.2. The van der Waals surface area contributed by atoms with Crippen LogP contribution in [0.2, 0.25) is 0 Å². The molecular formula is C12H22N2O3S. The summed E-state index contributed by atoms with van der Waals surface area (Å²) in [5.74, 6) is -0.0677. The lowest BCUT2D eigenvalue weighted by Gasteiger charge is -2.36. The molecule has 1 saturated heterocycles. The Morgan fingerprint density at radius 1 is 1.44 bits per heavy atom. The van der Waals surface area contributed by atoms with Crippen LogP contribution in [0.3, 0.4) is 0 Å². The molecule has 6 heteroatoms. The molecule has 2 amide bonds. The van der Waals surface area contributed by atoms with Crippen LogP contribution in [-0.2, 0) is 20.4 Å². The Balaban J connectivity index is 2.76. The van der Waals surface area contributed by atoms with Gasteiger partial charge in [0.1, 0.15) is 6.04 Å². The number of nitrogens with one attached hydrogen (secondary N) is 1. The van der Waals surface area contributed by atoms with Gasteiger partial charge in [-0.3, -0.25) is 13.8 Å². The van der Waals surface area contributed by atoms with Crippen LogP contribution in [0.4, 0.5) is 0 Å². The van der Waals surface area contributed by atoms with Crippen LogP contribution in [0, 0.1) is 5.92 Å². The van der Waals surface area contributed by atoms with Crippen LogP contribution in [0.15, 0.2) is 0 Å². The van der Waals surface area contributed by atoms with Gasteiger partial charge in [0.15, 0.2) is 0 Å². The lowest BCUT2D eigenvalue weighted by atomic mass is 9.96. The van der Waals surface area contributed by atoms with Crippen LogP contribution >= 0.6 is 0 Å². The third-order valence-corrected chi connectivity index (χ3v) is 4.77. The molecule has 5 nitrogen and oxygen atoms in total. The molecule has 0 radical (unpaired) electrons. The third kappa shape index (κ3) is 3.54. The molecule has 1 fully saturated rings. The van der Waals surface area contributed by atoms with Gasteiger partial charge >= 0.3 is 0 Å². The van der Waals surface area contributed by atoms with Crippen LogP contribution in [0.1, 0.15) is 27.2 Å². The summed E-state index contributed by atoms with van der Waals surface area (Å²) in [7, 11) is -0.988. The highest BCUT2D eigenvalue weighted by Gasteiger charge is 2.36. The van der Waals surface area contributed by atoms with E-state index in [4.69, 9.17) is 0 Å². The van der Waals surface area contributed by atoms with Crippen molar-refractivity contribution in [2.75, 3.05) is 19.3 Å². The highest BCUT2D eigenvalue weighted by Crippen LogP contribution is 2.15. The Bertz CT molecular complexity index is 359. The second-order valence-corrected chi connectivity index (χ2v) is 6.76. The first kappa shape index (κ1) is 15.1. The fourth-order valence-electron chi connectivity index (χ4n) is 1.92. The number of nitrogens with zero attached hydrogens (tertiary/aromatic N) is 1. The predicted molar refractivity (Wildman–Crippen MR) is 71.5 cm³/mol. The molecule has 1 rings (SSSR count). The lowest BCUT2D eigenvalue weighted by Crippen LogP contribution is -2.61. The summed E-state index contributed by atoms with van der Waals surface area (Å²) in [5.41, 5.74) is 0. The third-order valence-electron chi connectivity index (χ3n) is 3.49. The average molecular weight is 274 g/mol. The molecule has 1 aliphatic rings. The molecule has 1 aliphatic heterocycles. The van der Waals surface area contributed by atoms with Crippen molar-refractivity contribution in [3.8, 4) is 0 Å². The number of carbonyl (C=O) groups excluding carboxylic acids is 2. The first-order valence-electron chi connectivity index (χ1n) is 6.27. The van der Waals surface area contributed by atoms with E-state index in [1.807, 2.05) is 20.8 Å².